The van der Waals surface area contributed by atoms with Crippen molar-refractivity contribution < 1.29 is 31.6 Å². The number of nitrogens with one attached hydrogen (secondary N) is 1. The first kappa shape index (κ1) is 26.9. The van der Waals surface area contributed by atoms with E-state index in [2.05, 4.69) is 25.5 Å². The number of aromatic nitrogens is 5. The van der Waals surface area contributed by atoms with Crippen LogP contribution < -0.4 is 10.1 Å². The van der Waals surface area contributed by atoms with Crippen molar-refractivity contribution in [1.82, 2.24) is 24.9 Å². The molecule has 1 aromatic carbocycles. The molecule has 3 aromatic heterocycles. The second-order valence-electron chi connectivity index (χ2n) is 10.5. The first-order valence-electron chi connectivity index (χ1n) is 13.1. The number of anilines is 1. The lowest BCUT2D eigenvalue weighted by Crippen LogP contribution is -2.28. The number of carbonyl (C=O) groups excluding carboxylic acids is 1. The second-order valence-corrected chi connectivity index (χ2v) is 10.5. The number of hydrogen-bond donors (Lipinski definition) is 1. The van der Waals surface area contributed by atoms with Crippen LogP contribution in [-0.4, -0.2) is 44.1 Å². The molecule has 214 valence electrons. The minimum absolute atomic E-state index is 0.0926. The Kier molecular flexibility index (Phi) is 6.54. The number of rotatable bonds is 9. The molecule has 2 saturated carbocycles. The van der Waals surface area contributed by atoms with Crippen LogP contribution in [0.25, 0.3) is 11.1 Å². The molecule has 0 spiro atoms. The Morgan fingerprint density at radius 1 is 1.22 bits per heavy atom. The standard InChI is InChI=1S/C28H26F4N6O3/c1-15-20(13-33-23(34-15)10-18-14-38(19-5-6-19)36-26(18)40-2)16-3-4-17(21(29)9-16)11-25(39)35-24-12-22(41-37-24)27(7-8-27)28(30,31)32/h3-4,9,12-14,19H,5-8,10-11H2,1-2H3,(H,35,37,39). The maximum atomic E-state index is 15.0. The highest BCUT2D eigenvalue weighted by Crippen LogP contribution is 2.59. The minimum Gasteiger partial charge on any atom is -0.480 e. The summed E-state index contributed by atoms with van der Waals surface area (Å²) in [6, 6.07) is 5.92. The predicted molar refractivity (Wildman–Crippen MR) is 138 cm³/mol. The normalized spacial score (nSPS) is 16.0. The molecule has 2 aliphatic rings. The number of methoxy groups -OCH3 is 1. The molecule has 0 saturated heterocycles. The first-order valence-corrected chi connectivity index (χ1v) is 13.1. The zero-order valence-corrected chi connectivity index (χ0v) is 22.3. The molecule has 1 N–H and O–H groups in total. The van der Waals surface area contributed by atoms with Gasteiger partial charge in [-0.25, -0.2) is 14.4 Å². The van der Waals surface area contributed by atoms with E-state index >= 15 is 0 Å². The lowest BCUT2D eigenvalue weighted by atomic mass is 10.0. The van der Waals surface area contributed by atoms with Gasteiger partial charge in [-0.1, -0.05) is 17.3 Å². The Balaban J connectivity index is 1.11. The summed E-state index contributed by atoms with van der Waals surface area (Å²) in [4.78, 5) is 21.5. The Bertz CT molecular complexity index is 1620. The van der Waals surface area contributed by atoms with Crippen LogP contribution >= 0.6 is 0 Å². The molecular formula is C28H26F4N6O3. The van der Waals surface area contributed by atoms with Gasteiger partial charge >= 0.3 is 6.18 Å². The van der Waals surface area contributed by atoms with Crippen LogP contribution in [0.3, 0.4) is 0 Å². The predicted octanol–water partition coefficient (Wildman–Crippen LogP) is 5.49. The number of alkyl halides is 3. The highest BCUT2D eigenvalue weighted by atomic mass is 19.4. The molecular weight excluding hydrogens is 544 g/mol. The third-order valence-electron chi connectivity index (χ3n) is 7.52. The summed E-state index contributed by atoms with van der Waals surface area (Å²) in [5.41, 5.74) is 0.781. The molecule has 0 radical (unpaired) electrons. The van der Waals surface area contributed by atoms with E-state index < -0.39 is 23.3 Å². The quantitative estimate of drug-likeness (QED) is 0.265. The van der Waals surface area contributed by atoms with Gasteiger partial charge in [0.25, 0.3) is 0 Å². The summed E-state index contributed by atoms with van der Waals surface area (Å²) in [7, 11) is 1.58. The van der Waals surface area contributed by atoms with Gasteiger partial charge in [-0.05, 0) is 49.8 Å². The smallest absolute Gasteiger partial charge is 0.401 e. The maximum Gasteiger partial charge on any atom is 0.401 e. The minimum atomic E-state index is -4.46. The summed E-state index contributed by atoms with van der Waals surface area (Å²) in [5, 5.41) is 10.4. The van der Waals surface area contributed by atoms with Gasteiger partial charge in [0.2, 0.25) is 11.8 Å². The van der Waals surface area contributed by atoms with E-state index in [1.165, 1.54) is 12.1 Å². The largest absolute Gasteiger partial charge is 0.480 e. The van der Waals surface area contributed by atoms with Crippen molar-refractivity contribution in [3.63, 3.8) is 0 Å². The van der Waals surface area contributed by atoms with Crippen LogP contribution in [0.5, 0.6) is 5.88 Å². The van der Waals surface area contributed by atoms with Gasteiger partial charge in [0.15, 0.2) is 11.6 Å². The molecule has 9 nitrogen and oxygen atoms in total. The molecule has 0 unspecified atom stereocenters. The van der Waals surface area contributed by atoms with Crippen LogP contribution in [0.4, 0.5) is 23.4 Å². The number of aryl methyl sites for hydroxylation is 1. The van der Waals surface area contributed by atoms with Gasteiger partial charge < -0.3 is 14.6 Å². The SMILES string of the molecule is COc1nn(C2CC2)cc1Cc1ncc(-c2ccc(CC(=O)Nc3cc(C4(C(F)(F)F)CC4)on3)c(F)c2)c(C)n1. The number of carbonyl (C=O) groups is 1. The van der Waals surface area contributed by atoms with Crippen LogP contribution in [0.2, 0.25) is 0 Å². The van der Waals surface area contributed by atoms with E-state index in [0.29, 0.717) is 41.0 Å². The third kappa shape index (κ3) is 5.27. The molecule has 0 atom stereocenters. The molecule has 2 aliphatic carbocycles. The van der Waals surface area contributed by atoms with E-state index in [1.807, 2.05) is 10.9 Å². The summed E-state index contributed by atoms with van der Waals surface area (Å²) in [6.07, 6.45) is 1.23. The fourth-order valence-electron chi connectivity index (χ4n) is 4.86. The molecule has 41 heavy (non-hydrogen) atoms. The van der Waals surface area contributed by atoms with Gasteiger partial charge in [-0.15, -0.1) is 5.10 Å². The molecule has 6 rings (SSSR count). The van der Waals surface area contributed by atoms with Crippen molar-refractivity contribution >= 4 is 11.7 Å². The Morgan fingerprint density at radius 3 is 2.63 bits per heavy atom. The topological polar surface area (TPSA) is 108 Å². The lowest BCUT2D eigenvalue weighted by molar-refractivity contribution is -0.165. The van der Waals surface area contributed by atoms with Crippen LogP contribution in [0.15, 0.2) is 41.2 Å². The molecule has 1 amide bonds. The number of ether oxygens (including phenoxy) is 1. The number of halogens is 4. The van der Waals surface area contributed by atoms with Crippen molar-refractivity contribution in [1.29, 1.82) is 0 Å². The molecule has 2 fully saturated rings. The van der Waals surface area contributed by atoms with E-state index in [9.17, 15) is 22.4 Å². The molecule has 0 aliphatic heterocycles. The van der Waals surface area contributed by atoms with Gasteiger partial charge in [0, 0.05) is 41.7 Å². The number of amides is 1. The van der Waals surface area contributed by atoms with Crippen molar-refractivity contribution in [3.8, 4) is 17.0 Å². The Hall–Kier alpha value is -4.29. The van der Waals surface area contributed by atoms with Crippen molar-refractivity contribution in [3.05, 3.63) is 70.9 Å². The highest BCUT2D eigenvalue weighted by molar-refractivity contribution is 5.91. The molecule has 3 heterocycles. The number of hydrogen-bond acceptors (Lipinski definition) is 7. The average Bonchev–Trinajstić information content (AvgIpc) is 3.84. The fourth-order valence-corrected chi connectivity index (χ4v) is 4.86. The van der Waals surface area contributed by atoms with Crippen LogP contribution in [-0.2, 0) is 23.1 Å². The van der Waals surface area contributed by atoms with E-state index in [1.54, 1.807) is 26.3 Å². The van der Waals surface area contributed by atoms with Gasteiger partial charge in [-0.3, -0.25) is 9.48 Å². The lowest BCUT2D eigenvalue weighted by Gasteiger charge is -2.14. The fraction of sp³-hybridized carbons (Fsp3) is 0.393. The number of nitrogens with zero attached hydrogens (tertiary/aromatic N) is 5. The van der Waals surface area contributed by atoms with Gasteiger partial charge in [0.1, 0.15) is 17.1 Å². The van der Waals surface area contributed by atoms with Gasteiger partial charge in [0.05, 0.1) is 19.6 Å². The summed E-state index contributed by atoms with van der Waals surface area (Å²) in [6.45, 7) is 1.81. The Labute approximate surface area is 231 Å². The van der Waals surface area contributed by atoms with Crippen molar-refractivity contribution in [2.75, 3.05) is 12.4 Å². The van der Waals surface area contributed by atoms with E-state index in [0.717, 1.165) is 24.5 Å². The van der Waals surface area contributed by atoms with Crippen molar-refractivity contribution in [2.45, 2.75) is 63.1 Å². The Morgan fingerprint density at radius 2 is 2.00 bits per heavy atom. The van der Waals surface area contributed by atoms with E-state index in [-0.39, 0.29) is 36.4 Å². The summed E-state index contributed by atoms with van der Waals surface area (Å²) >= 11 is 0. The highest BCUT2D eigenvalue weighted by Gasteiger charge is 2.66. The summed E-state index contributed by atoms with van der Waals surface area (Å²) in [5.74, 6) is -0.630. The molecule has 4 aromatic rings. The summed E-state index contributed by atoms with van der Waals surface area (Å²) < 4.78 is 67.1. The first-order chi connectivity index (χ1) is 19.6. The van der Waals surface area contributed by atoms with Gasteiger partial charge in [-0.2, -0.15) is 13.2 Å². The van der Waals surface area contributed by atoms with Crippen LogP contribution in [0.1, 0.15) is 60.1 Å². The zero-order valence-electron chi connectivity index (χ0n) is 22.3. The average molecular weight is 571 g/mol. The van der Waals surface area contributed by atoms with E-state index in [4.69, 9.17) is 9.26 Å². The molecule has 0 bridgehead atoms. The van der Waals surface area contributed by atoms with Crippen molar-refractivity contribution in [2.24, 2.45) is 0 Å². The second kappa shape index (κ2) is 9.96. The maximum absolute atomic E-state index is 15.0. The third-order valence-corrected chi connectivity index (χ3v) is 7.52. The molecule has 13 heteroatoms. The number of benzene rings is 1. The zero-order chi connectivity index (χ0) is 28.9. The van der Waals surface area contributed by atoms with Crippen LogP contribution in [0, 0.1) is 12.7 Å². The monoisotopic (exact) mass is 570 g/mol.